The molecule has 0 bridgehead atoms. The lowest BCUT2D eigenvalue weighted by atomic mass is 9.96. The Morgan fingerprint density at radius 1 is 1.29 bits per heavy atom. The maximum absolute atomic E-state index is 11.4. The van der Waals surface area contributed by atoms with Gasteiger partial charge in [-0.05, 0) is 32.3 Å². The van der Waals surface area contributed by atoms with Crippen molar-refractivity contribution in [3.63, 3.8) is 0 Å². The van der Waals surface area contributed by atoms with Crippen molar-refractivity contribution in [2.75, 3.05) is 24.5 Å². The van der Waals surface area contributed by atoms with Crippen molar-refractivity contribution >= 4 is 53.0 Å². The van der Waals surface area contributed by atoms with Gasteiger partial charge in [-0.3, -0.25) is 4.79 Å². The van der Waals surface area contributed by atoms with Crippen molar-refractivity contribution in [2.45, 2.75) is 46.2 Å². The number of nitrogens with two attached hydrogens (primary N) is 1. The number of halogens is 1. The molecule has 4 N–H and O–H groups in total. The van der Waals surface area contributed by atoms with E-state index >= 15 is 0 Å². The summed E-state index contributed by atoms with van der Waals surface area (Å²) in [5, 5.41) is 7.71. The number of rotatable bonds is 8. The molecule has 1 amide bonds. The van der Waals surface area contributed by atoms with Crippen LogP contribution >= 0.6 is 35.3 Å². The van der Waals surface area contributed by atoms with Gasteiger partial charge in [-0.2, -0.15) is 0 Å². The number of anilines is 1. The summed E-state index contributed by atoms with van der Waals surface area (Å²) in [7, 11) is 0. The maximum atomic E-state index is 11.4. The number of amides is 1. The number of primary amides is 1. The Bertz CT molecular complexity index is 865. The van der Waals surface area contributed by atoms with Gasteiger partial charge in [0.05, 0.1) is 13.1 Å². The zero-order valence-corrected chi connectivity index (χ0v) is 21.3. The standard InChI is InChI=1S/C21H31N7OS.HI/c1-3-17-13-25-18(30-17)14-27-21(23-4-2)26-12-16-6-5-9-24-20(16)28-10-7-15(8-11-28)19(22)29;/h5-6,9,13,15H,3-4,7-8,10-12,14H2,1-2H3,(H2,22,29)(H2,23,26,27);1H. The van der Waals surface area contributed by atoms with Gasteiger partial charge in [0.25, 0.3) is 0 Å². The SMILES string of the molecule is CCNC(=NCc1cccnc1N1CCC(C(N)=O)CC1)NCc1ncc(CC)s1.I. The Kier molecular flexibility index (Phi) is 10.4. The van der Waals surface area contributed by atoms with Crippen LogP contribution < -0.4 is 21.3 Å². The number of aromatic nitrogens is 2. The molecule has 1 fully saturated rings. The highest BCUT2D eigenvalue weighted by molar-refractivity contribution is 14.0. The van der Waals surface area contributed by atoms with Crippen LogP contribution in [0.5, 0.6) is 0 Å². The highest BCUT2D eigenvalue weighted by Crippen LogP contribution is 2.25. The Balaban J connectivity index is 0.00000341. The van der Waals surface area contributed by atoms with Crippen molar-refractivity contribution in [1.82, 2.24) is 20.6 Å². The summed E-state index contributed by atoms with van der Waals surface area (Å²) in [4.78, 5) is 28.8. The number of thiazole rings is 1. The third kappa shape index (κ3) is 7.30. The van der Waals surface area contributed by atoms with Gasteiger partial charge in [0.15, 0.2) is 5.96 Å². The third-order valence-corrected chi connectivity index (χ3v) is 6.31. The molecule has 31 heavy (non-hydrogen) atoms. The van der Waals surface area contributed by atoms with Gasteiger partial charge in [0.1, 0.15) is 10.8 Å². The number of guanidine groups is 1. The van der Waals surface area contributed by atoms with Crippen molar-refractivity contribution in [1.29, 1.82) is 0 Å². The molecule has 1 saturated heterocycles. The van der Waals surface area contributed by atoms with Crippen LogP contribution in [0.2, 0.25) is 0 Å². The minimum absolute atomic E-state index is 0. The largest absolute Gasteiger partial charge is 0.369 e. The van der Waals surface area contributed by atoms with Crippen LogP contribution in [-0.2, 0) is 24.3 Å². The number of nitrogens with one attached hydrogen (secondary N) is 2. The molecule has 1 aliphatic heterocycles. The van der Waals surface area contributed by atoms with Crippen LogP contribution in [0.4, 0.5) is 5.82 Å². The van der Waals surface area contributed by atoms with Crippen LogP contribution in [0, 0.1) is 5.92 Å². The molecule has 2 aromatic heterocycles. The number of pyridine rings is 1. The fourth-order valence-corrected chi connectivity index (χ4v) is 4.27. The van der Waals surface area contributed by atoms with Crippen LogP contribution in [0.3, 0.4) is 0 Å². The normalized spacial score (nSPS) is 14.8. The van der Waals surface area contributed by atoms with E-state index in [1.54, 1.807) is 17.5 Å². The molecule has 2 aromatic rings. The van der Waals surface area contributed by atoms with E-state index in [1.165, 1.54) is 4.88 Å². The lowest BCUT2D eigenvalue weighted by Crippen LogP contribution is -2.39. The number of piperidine rings is 1. The predicted octanol–water partition coefficient (Wildman–Crippen LogP) is 2.68. The van der Waals surface area contributed by atoms with Gasteiger partial charge in [-0.15, -0.1) is 35.3 Å². The van der Waals surface area contributed by atoms with Crippen LogP contribution in [0.25, 0.3) is 0 Å². The molecule has 0 spiro atoms. The Morgan fingerprint density at radius 3 is 2.71 bits per heavy atom. The minimum atomic E-state index is -0.201. The van der Waals surface area contributed by atoms with E-state index in [-0.39, 0.29) is 35.8 Å². The fraction of sp³-hybridized carbons (Fsp3) is 0.524. The molecule has 0 radical (unpaired) electrons. The van der Waals surface area contributed by atoms with Gasteiger partial charge in [-0.1, -0.05) is 13.0 Å². The first-order chi connectivity index (χ1) is 14.6. The zero-order chi connectivity index (χ0) is 21.3. The summed E-state index contributed by atoms with van der Waals surface area (Å²) in [6, 6.07) is 4.00. The number of aryl methyl sites for hydroxylation is 1. The molecule has 0 atom stereocenters. The summed E-state index contributed by atoms with van der Waals surface area (Å²) in [6.45, 7) is 7.70. The smallest absolute Gasteiger partial charge is 0.220 e. The molecule has 1 aliphatic rings. The molecule has 0 aromatic carbocycles. The summed E-state index contributed by atoms with van der Waals surface area (Å²) in [5.74, 6) is 1.46. The van der Waals surface area contributed by atoms with Crippen molar-refractivity contribution in [3.05, 3.63) is 40.0 Å². The van der Waals surface area contributed by atoms with Crippen molar-refractivity contribution in [2.24, 2.45) is 16.6 Å². The maximum Gasteiger partial charge on any atom is 0.220 e. The summed E-state index contributed by atoms with van der Waals surface area (Å²) < 4.78 is 0. The summed E-state index contributed by atoms with van der Waals surface area (Å²) >= 11 is 1.72. The summed E-state index contributed by atoms with van der Waals surface area (Å²) in [5.41, 5.74) is 6.53. The Hall–Kier alpha value is -1.95. The third-order valence-electron chi connectivity index (χ3n) is 5.17. The zero-order valence-electron chi connectivity index (χ0n) is 18.1. The number of carbonyl (C=O) groups is 1. The van der Waals surface area contributed by atoms with Crippen LogP contribution in [0.1, 0.15) is 42.1 Å². The topological polar surface area (TPSA) is 109 Å². The van der Waals surface area contributed by atoms with Gasteiger partial charge >= 0.3 is 0 Å². The predicted molar refractivity (Wildman–Crippen MR) is 137 cm³/mol. The van der Waals surface area contributed by atoms with E-state index in [4.69, 9.17) is 10.7 Å². The molecule has 3 heterocycles. The van der Waals surface area contributed by atoms with E-state index in [0.29, 0.717) is 13.1 Å². The van der Waals surface area contributed by atoms with Gasteiger partial charge in [0.2, 0.25) is 5.91 Å². The van der Waals surface area contributed by atoms with Crippen LogP contribution in [0.15, 0.2) is 29.5 Å². The molecular weight excluding hydrogens is 525 g/mol. The van der Waals surface area contributed by atoms with Gasteiger partial charge in [-0.25, -0.2) is 15.0 Å². The highest BCUT2D eigenvalue weighted by Gasteiger charge is 2.24. The second kappa shape index (κ2) is 12.8. The number of aliphatic imine (C=N–C) groups is 1. The second-order valence-corrected chi connectivity index (χ2v) is 8.47. The average Bonchev–Trinajstić information content (AvgIpc) is 3.24. The number of carbonyl (C=O) groups excluding carboxylic acids is 1. The monoisotopic (exact) mass is 557 g/mol. The average molecular weight is 558 g/mol. The second-order valence-electron chi connectivity index (χ2n) is 7.27. The Labute approximate surface area is 205 Å². The van der Waals surface area contributed by atoms with Gasteiger partial charge in [0, 0.05) is 48.4 Å². The number of hydrogen-bond acceptors (Lipinski definition) is 6. The van der Waals surface area contributed by atoms with Gasteiger partial charge < -0.3 is 21.3 Å². The molecule has 0 aliphatic carbocycles. The van der Waals surface area contributed by atoms with E-state index < -0.39 is 0 Å². The quantitative estimate of drug-likeness (QED) is 0.262. The Morgan fingerprint density at radius 2 is 2.06 bits per heavy atom. The van der Waals surface area contributed by atoms with E-state index in [1.807, 2.05) is 19.2 Å². The molecule has 8 nitrogen and oxygen atoms in total. The van der Waals surface area contributed by atoms with E-state index in [0.717, 1.165) is 61.2 Å². The van der Waals surface area contributed by atoms with Crippen LogP contribution in [-0.4, -0.2) is 41.5 Å². The lowest BCUT2D eigenvalue weighted by molar-refractivity contribution is -0.122. The molecule has 3 rings (SSSR count). The fourth-order valence-electron chi connectivity index (χ4n) is 3.47. The number of nitrogens with zero attached hydrogens (tertiary/aromatic N) is 4. The highest BCUT2D eigenvalue weighted by atomic mass is 127. The summed E-state index contributed by atoms with van der Waals surface area (Å²) in [6.07, 6.45) is 6.29. The molecular formula is C21H32IN7OS. The van der Waals surface area contributed by atoms with Crippen molar-refractivity contribution in [3.8, 4) is 0 Å². The van der Waals surface area contributed by atoms with E-state index in [9.17, 15) is 4.79 Å². The molecule has 0 saturated carbocycles. The molecule has 170 valence electrons. The molecule has 10 heteroatoms. The first-order valence-corrected chi connectivity index (χ1v) is 11.4. The molecule has 0 unspecified atom stereocenters. The van der Waals surface area contributed by atoms with Crippen molar-refractivity contribution < 1.29 is 4.79 Å². The first kappa shape index (κ1) is 25.3. The van der Waals surface area contributed by atoms with E-state index in [2.05, 4.69) is 38.5 Å². The lowest BCUT2D eigenvalue weighted by Gasteiger charge is -2.32. The first-order valence-electron chi connectivity index (χ1n) is 10.5. The minimum Gasteiger partial charge on any atom is -0.369 e. The number of hydrogen-bond donors (Lipinski definition) is 3.